The molecule has 1 saturated heterocycles. The summed E-state index contributed by atoms with van der Waals surface area (Å²) < 4.78 is 11.7. The number of rotatable bonds is 4. The van der Waals surface area contributed by atoms with Crippen molar-refractivity contribution in [3.8, 4) is 11.1 Å². The van der Waals surface area contributed by atoms with E-state index in [1.54, 1.807) is 0 Å². The van der Waals surface area contributed by atoms with E-state index in [1.807, 2.05) is 82.5 Å². The lowest BCUT2D eigenvalue weighted by atomic mass is 9.83. The number of carboxylic acid groups (broad SMARTS) is 1. The largest absolute Gasteiger partial charge is 0.479 e. The molecule has 1 unspecified atom stereocenters. The van der Waals surface area contributed by atoms with Crippen LogP contribution >= 0.6 is 0 Å². The number of morpholine rings is 1. The first-order chi connectivity index (χ1) is 16.9. The molecule has 0 aliphatic carbocycles. The summed E-state index contributed by atoms with van der Waals surface area (Å²) in [5.41, 5.74) is 7.00. The zero-order valence-corrected chi connectivity index (χ0v) is 22.5. The fourth-order valence-corrected chi connectivity index (χ4v) is 5.36. The number of aryl methyl sites for hydroxylation is 1. The average molecular weight is 495 g/mol. The van der Waals surface area contributed by atoms with Crippen LogP contribution in [-0.4, -0.2) is 58.3 Å². The third-order valence-corrected chi connectivity index (χ3v) is 7.20. The molecule has 2 aliphatic heterocycles. The zero-order valence-electron chi connectivity index (χ0n) is 22.5. The van der Waals surface area contributed by atoms with Gasteiger partial charge in [0, 0.05) is 25.2 Å². The molecule has 0 saturated carbocycles. The highest BCUT2D eigenvalue weighted by atomic mass is 16.5. The van der Waals surface area contributed by atoms with Gasteiger partial charge in [0.05, 0.1) is 24.9 Å². The number of carboxylic acids is 1. The molecule has 7 nitrogen and oxygen atoms in total. The molecule has 0 spiro atoms. The highest BCUT2D eigenvalue weighted by Crippen LogP contribution is 2.44. The predicted octanol–water partition coefficient (Wildman–Crippen LogP) is 5.38. The van der Waals surface area contributed by atoms with E-state index in [1.165, 1.54) is 0 Å². The first-order valence-electron chi connectivity index (χ1n) is 12.6. The van der Waals surface area contributed by atoms with E-state index >= 15 is 0 Å². The fourth-order valence-electron chi connectivity index (χ4n) is 5.36. The Kier molecular flexibility index (Phi) is 7.17. The average Bonchev–Trinajstić information content (AvgIpc) is 3.26. The van der Waals surface area contributed by atoms with Crippen LogP contribution < -0.4 is 0 Å². The maximum absolute atomic E-state index is 13.5. The topological polar surface area (TPSA) is 79.3 Å². The SMILES string of the molecule is Cc1ccc(-c2c(C)c3c(c(C)c2C(OC(C)(C)C)C(=O)O)CN(C(=O)N2CCOC[C@@H]2C)C3)cc1. The van der Waals surface area contributed by atoms with Crippen molar-refractivity contribution in [3.63, 3.8) is 0 Å². The van der Waals surface area contributed by atoms with Crippen molar-refractivity contribution in [1.29, 1.82) is 0 Å². The maximum atomic E-state index is 13.5. The van der Waals surface area contributed by atoms with E-state index in [2.05, 4.69) is 0 Å². The summed E-state index contributed by atoms with van der Waals surface area (Å²) in [5, 5.41) is 10.3. The maximum Gasteiger partial charge on any atom is 0.337 e. The number of hydrogen-bond donors (Lipinski definition) is 1. The molecule has 0 bridgehead atoms. The predicted molar refractivity (Wildman–Crippen MR) is 139 cm³/mol. The van der Waals surface area contributed by atoms with Gasteiger partial charge >= 0.3 is 12.0 Å². The third-order valence-electron chi connectivity index (χ3n) is 7.20. The number of carbonyl (C=O) groups is 2. The number of aliphatic carboxylic acids is 1. The van der Waals surface area contributed by atoms with Crippen LogP contribution in [-0.2, 0) is 27.4 Å². The summed E-state index contributed by atoms with van der Waals surface area (Å²) in [6.07, 6.45) is -1.13. The lowest BCUT2D eigenvalue weighted by molar-refractivity contribution is -0.160. The van der Waals surface area contributed by atoms with Crippen molar-refractivity contribution < 1.29 is 24.2 Å². The van der Waals surface area contributed by atoms with Gasteiger partial charge in [-0.05, 0) is 81.8 Å². The van der Waals surface area contributed by atoms with Crippen LogP contribution in [0.15, 0.2) is 24.3 Å². The summed E-state index contributed by atoms with van der Waals surface area (Å²) in [6.45, 7) is 16.3. The number of nitrogens with zero attached hydrogens (tertiary/aromatic N) is 2. The number of hydrogen-bond acceptors (Lipinski definition) is 4. The van der Waals surface area contributed by atoms with Gasteiger partial charge in [0.2, 0.25) is 0 Å². The Hall–Kier alpha value is -2.90. The van der Waals surface area contributed by atoms with Crippen LogP contribution in [0.5, 0.6) is 0 Å². The second-order valence-electron chi connectivity index (χ2n) is 11.1. The summed E-state index contributed by atoms with van der Waals surface area (Å²) >= 11 is 0. The third kappa shape index (κ3) is 5.00. The van der Waals surface area contributed by atoms with Gasteiger partial charge in [0.15, 0.2) is 6.10 Å². The fraction of sp³-hybridized carbons (Fsp3) is 0.517. The standard InChI is InChI=1S/C29H38N2O5/c1-17-8-10-21(11-9-17)24-19(3)22-14-30(28(34)31-12-13-35-16-18(31)2)15-23(22)20(4)25(24)26(27(32)33)36-29(5,6)7/h8-11,18,26H,12-16H2,1-7H3,(H,32,33)/t18-,26?/m0/s1. The number of urea groups is 1. The first-order valence-corrected chi connectivity index (χ1v) is 12.6. The van der Waals surface area contributed by atoms with E-state index in [0.29, 0.717) is 38.4 Å². The molecule has 194 valence electrons. The Bertz CT molecular complexity index is 1170. The number of benzene rings is 2. The Morgan fingerprint density at radius 1 is 1.06 bits per heavy atom. The molecule has 36 heavy (non-hydrogen) atoms. The van der Waals surface area contributed by atoms with Gasteiger partial charge < -0.3 is 24.4 Å². The molecule has 2 amide bonds. The van der Waals surface area contributed by atoms with Crippen LogP contribution in [0.2, 0.25) is 0 Å². The molecule has 0 radical (unpaired) electrons. The number of ether oxygens (including phenoxy) is 2. The Morgan fingerprint density at radius 3 is 2.22 bits per heavy atom. The Morgan fingerprint density at radius 2 is 1.67 bits per heavy atom. The summed E-state index contributed by atoms with van der Waals surface area (Å²) in [7, 11) is 0. The molecule has 1 fully saturated rings. The second kappa shape index (κ2) is 9.87. The molecule has 7 heteroatoms. The van der Waals surface area contributed by atoms with Crippen molar-refractivity contribution in [2.24, 2.45) is 0 Å². The van der Waals surface area contributed by atoms with E-state index in [0.717, 1.165) is 38.9 Å². The minimum Gasteiger partial charge on any atom is -0.479 e. The molecular weight excluding hydrogens is 456 g/mol. The molecule has 2 atom stereocenters. The highest BCUT2D eigenvalue weighted by molar-refractivity contribution is 5.85. The minimum absolute atomic E-state index is 0.0000352. The van der Waals surface area contributed by atoms with Gasteiger partial charge in [-0.2, -0.15) is 0 Å². The Labute approximate surface area is 214 Å². The molecule has 2 heterocycles. The highest BCUT2D eigenvalue weighted by Gasteiger charge is 2.38. The summed E-state index contributed by atoms with van der Waals surface area (Å²) in [6, 6.07) is 8.17. The van der Waals surface area contributed by atoms with Crippen molar-refractivity contribution in [2.45, 2.75) is 79.3 Å². The van der Waals surface area contributed by atoms with Crippen LogP contribution in [0.25, 0.3) is 11.1 Å². The van der Waals surface area contributed by atoms with Crippen LogP contribution in [0, 0.1) is 20.8 Å². The van der Waals surface area contributed by atoms with Crippen molar-refractivity contribution >= 4 is 12.0 Å². The quantitative estimate of drug-likeness (QED) is 0.618. The Balaban J connectivity index is 1.85. The molecule has 1 N–H and O–H groups in total. The van der Waals surface area contributed by atoms with Crippen molar-refractivity contribution in [3.05, 3.63) is 57.6 Å². The molecule has 2 aromatic carbocycles. The van der Waals surface area contributed by atoms with Gasteiger partial charge in [0.25, 0.3) is 0 Å². The van der Waals surface area contributed by atoms with Gasteiger partial charge in [-0.15, -0.1) is 0 Å². The number of amides is 2. The van der Waals surface area contributed by atoms with E-state index in [4.69, 9.17) is 9.47 Å². The molecule has 4 rings (SSSR count). The molecule has 2 aliphatic rings. The van der Waals surface area contributed by atoms with Gasteiger partial charge in [0.1, 0.15) is 0 Å². The minimum atomic E-state index is -1.13. The number of fused-ring (bicyclic) bond motifs is 1. The molecular formula is C29H38N2O5. The van der Waals surface area contributed by atoms with Gasteiger partial charge in [-0.1, -0.05) is 29.8 Å². The van der Waals surface area contributed by atoms with Crippen molar-refractivity contribution in [2.75, 3.05) is 19.8 Å². The lowest BCUT2D eigenvalue weighted by Gasteiger charge is -2.36. The lowest BCUT2D eigenvalue weighted by Crippen LogP contribution is -2.51. The summed E-state index contributed by atoms with van der Waals surface area (Å²) in [5.74, 6) is -1.02. The smallest absolute Gasteiger partial charge is 0.337 e. The van der Waals surface area contributed by atoms with Crippen LogP contribution in [0.1, 0.15) is 67.2 Å². The molecule has 0 aromatic heterocycles. The second-order valence-corrected chi connectivity index (χ2v) is 11.1. The molecule has 2 aromatic rings. The monoisotopic (exact) mass is 494 g/mol. The van der Waals surface area contributed by atoms with E-state index in [-0.39, 0.29) is 12.1 Å². The first kappa shape index (κ1) is 26.2. The van der Waals surface area contributed by atoms with Crippen LogP contribution in [0.4, 0.5) is 4.79 Å². The van der Waals surface area contributed by atoms with Gasteiger partial charge in [-0.25, -0.2) is 9.59 Å². The van der Waals surface area contributed by atoms with E-state index < -0.39 is 17.7 Å². The normalized spacial score (nSPS) is 18.8. The van der Waals surface area contributed by atoms with Crippen molar-refractivity contribution in [1.82, 2.24) is 9.80 Å². The van der Waals surface area contributed by atoms with Crippen LogP contribution in [0.3, 0.4) is 0 Å². The summed E-state index contributed by atoms with van der Waals surface area (Å²) in [4.78, 5) is 29.8. The van der Waals surface area contributed by atoms with Gasteiger partial charge in [-0.3, -0.25) is 0 Å². The number of carbonyl (C=O) groups excluding carboxylic acids is 1. The van der Waals surface area contributed by atoms with E-state index in [9.17, 15) is 14.7 Å². The zero-order chi connectivity index (χ0) is 26.4.